The van der Waals surface area contributed by atoms with Gasteiger partial charge in [0.05, 0.1) is 0 Å². The first kappa shape index (κ1) is 13.4. The summed E-state index contributed by atoms with van der Waals surface area (Å²) in [4.78, 5) is 18.9. The molecule has 0 bridgehead atoms. The number of carboxylic acids is 2. The maximum absolute atomic E-state index is 9.45. The van der Waals surface area contributed by atoms with Gasteiger partial charge in [-0.3, -0.25) is 0 Å². The van der Waals surface area contributed by atoms with E-state index in [1.165, 1.54) is 13.8 Å². The van der Waals surface area contributed by atoms with Crippen LogP contribution in [0.15, 0.2) is 0 Å². The third-order valence-electron chi connectivity index (χ3n) is 0.715. The number of carbonyl (C=O) groups is 2. The molecule has 0 spiro atoms. The second-order valence-electron chi connectivity index (χ2n) is 2.03. The molecule has 0 heterocycles. The SMILES string of the molecule is CC(O)C(=O)O.CC(O)C(=O)O. The minimum atomic E-state index is -1.23. The predicted molar refractivity (Wildman–Crippen MR) is 38.6 cm³/mol. The second-order valence-corrected chi connectivity index (χ2v) is 2.03. The van der Waals surface area contributed by atoms with Crippen LogP contribution in [0.2, 0.25) is 0 Å². The van der Waals surface area contributed by atoms with E-state index >= 15 is 0 Å². The standard InChI is InChI=1S/2C3H6O3/c2*1-2(4)3(5)6/h2*2,4H,1H3,(H,5,6). The van der Waals surface area contributed by atoms with Crippen LogP contribution in [0.25, 0.3) is 0 Å². The van der Waals surface area contributed by atoms with Crippen molar-refractivity contribution in [3.8, 4) is 0 Å². The first-order valence-electron chi connectivity index (χ1n) is 3.10. The molecule has 0 saturated carbocycles. The van der Waals surface area contributed by atoms with Crippen molar-refractivity contribution in [2.24, 2.45) is 0 Å². The lowest BCUT2D eigenvalue weighted by Gasteiger charge is -1.89. The highest BCUT2D eigenvalue weighted by molar-refractivity contribution is 5.71. The van der Waals surface area contributed by atoms with Crippen molar-refractivity contribution < 1.29 is 30.0 Å². The molecular weight excluding hydrogens is 168 g/mol. The first-order chi connectivity index (χ1) is 5.29. The molecule has 0 amide bonds. The Hall–Kier alpha value is -1.14. The minimum Gasteiger partial charge on any atom is -0.479 e. The Balaban J connectivity index is 0. The Morgan fingerprint density at radius 2 is 1.00 bits per heavy atom. The van der Waals surface area contributed by atoms with Crippen molar-refractivity contribution in [2.45, 2.75) is 26.1 Å². The van der Waals surface area contributed by atoms with Crippen LogP contribution < -0.4 is 0 Å². The van der Waals surface area contributed by atoms with Crippen molar-refractivity contribution in [1.82, 2.24) is 0 Å². The van der Waals surface area contributed by atoms with Gasteiger partial charge in [0, 0.05) is 0 Å². The monoisotopic (exact) mass is 180 g/mol. The molecule has 0 aliphatic heterocycles. The number of aliphatic carboxylic acids is 2. The summed E-state index contributed by atoms with van der Waals surface area (Å²) in [6.07, 6.45) is -2.46. The maximum Gasteiger partial charge on any atom is 0.332 e. The van der Waals surface area contributed by atoms with Crippen LogP contribution in [0.5, 0.6) is 0 Å². The Labute approximate surface area is 69.1 Å². The summed E-state index contributed by atoms with van der Waals surface area (Å²) in [7, 11) is 0. The largest absolute Gasteiger partial charge is 0.479 e. The fraction of sp³-hybridized carbons (Fsp3) is 0.667. The van der Waals surface area contributed by atoms with Gasteiger partial charge >= 0.3 is 11.9 Å². The van der Waals surface area contributed by atoms with Crippen LogP contribution in [0.1, 0.15) is 13.8 Å². The predicted octanol–water partition coefficient (Wildman–Crippen LogP) is -1.10. The molecule has 0 saturated heterocycles. The summed E-state index contributed by atoms with van der Waals surface area (Å²) in [6.45, 7) is 2.39. The normalized spacial score (nSPS) is 13.7. The lowest BCUT2D eigenvalue weighted by atomic mass is 10.4. The van der Waals surface area contributed by atoms with Gasteiger partial charge < -0.3 is 20.4 Å². The fourth-order valence-electron chi connectivity index (χ4n) is 0. The Kier molecular flexibility index (Phi) is 7.36. The molecule has 0 rings (SSSR count). The van der Waals surface area contributed by atoms with Gasteiger partial charge in [-0.05, 0) is 13.8 Å². The molecule has 6 nitrogen and oxygen atoms in total. The van der Waals surface area contributed by atoms with Crippen molar-refractivity contribution >= 4 is 11.9 Å². The number of carboxylic acid groups (broad SMARTS) is 2. The maximum atomic E-state index is 9.45. The molecule has 0 radical (unpaired) electrons. The van der Waals surface area contributed by atoms with Crippen LogP contribution in [0.4, 0.5) is 0 Å². The zero-order valence-electron chi connectivity index (χ0n) is 6.76. The summed E-state index contributed by atoms with van der Waals surface area (Å²) in [6, 6.07) is 0. The van der Waals surface area contributed by atoms with Crippen LogP contribution >= 0.6 is 0 Å². The van der Waals surface area contributed by atoms with Gasteiger partial charge in [0.2, 0.25) is 0 Å². The van der Waals surface area contributed by atoms with Crippen LogP contribution in [0, 0.1) is 0 Å². The highest BCUT2D eigenvalue weighted by atomic mass is 16.4. The molecule has 0 fully saturated rings. The van der Waals surface area contributed by atoms with Gasteiger partial charge in [0.1, 0.15) is 12.2 Å². The third-order valence-corrected chi connectivity index (χ3v) is 0.715. The van der Waals surface area contributed by atoms with E-state index in [0.717, 1.165) is 0 Å². The van der Waals surface area contributed by atoms with E-state index in [1.54, 1.807) is 0 Å². The molecule has 6 heteroatoms. The smallest absolute Gasteiger partial charge is 0.332 e. The van der Waals surface area contributed by atoms with E-state index < -0.39 is 24.1 Å². The molecular formula is C6H12O6. The van der Waals surface area contributed by atoms with Crippen molar-refractivity contribution in [1.29, 1.82) is 0 Å². The minimum absolute atomic E-state index is 1.19. The molecule has 0 aliphatic rings. The molecule has 0 aromatic heterocycles. The van der Waals surface area contributed by atoms with Crippen molar-refractivity contribution in [2.75, 3.05) is 0 Å². The number of hydrogen-bond donors (Lipinski definition) is 4. The molecule has 4 N–H and O–H groups in total. The summed E-state index contributed by atoms with van der Waals surface area (Å²) in [5, 5.41) is 31.5. The Morgan fingerprint density at radius 1 is 0.917 bits per heavy atom. The lowest BCUT2D eigenvalue weighted by Crippen LogP contribution is -2.13. The van der Waals surface area contributed by atoms with Gasteiger partial charge in [-0.2, -0.15) is 0 Å². The van der Waals surface area contributed by atoms with E-state index in [-0.39, 0.29) is 0 Å². The van der Waals surface area contributed by atoms with Crippen molar-refractivity contribution in [3.63, 3.8) is 0 Å². The van der Waals surface area contributed by atoms with Gasteiger partial charge in [-0.15, -0.1) is 0 Å². The van der Waals surface area contributed by atoms with E-state index in [0.29, 0.717) is 0 Å². The van der Waals surface area contributed by atoms with E-state index in [1.807, 2.05) is 0 Å². The molecule has 2 atom stereocenters. The third kappa shape index (κ3) is 11.6. The quantitative estimate of drug-likeness (QED) is 0.429. The zero-order valence-corrected chi connectivity index (χ0v) is 6.76. The lowest BCUT2D eigenvalue weighted by molar-refractivity contribution is -0.146. The average Bonchev–Trinajstić information content (AvgIpc) is 1.88. The van der Waals surface area contributed by atoms with Crippen LogP contribution in [-0.4, -0.2) is 44.6 Å². The Bertz CT molecular complexity index is 132. The summed E-state index contributed by atoms with van der Waals surface area (Å²) >= 11 is 0. The van der Waals surface area contributed by atoms with E-state index in [4.69, 9.17) is 20.4 Å². The molecule has 0 aliphatic carbocycles. The second kappa shape index (κ2) is 6.56. The van der Waals surface area contributed by atoms with Gasteiger partial charge in [-0.25, -0.2) is 9.59 Å². The van der Waals surface area contributed by atoms with Crippen LogP contribution in [0.3, 0.4) is 0 Å². The average molecular weight is 180 g/mol. The first-order valence-corrected chi connectivity index (χ1v) is 3.10. The molecule has 0 aromatic carbocycles. The summed E-state index contributed by atoms with van der Waals surface area (Å²) in [5.41, 5.74) is 0. The topological polar surface area (TPSA) is 115 Å². The van der Waals surface area contributed by atoms with Gasteiger partial charge in [0.25, 0.3) is 0 Å². The molecule has 72 valence electrons. The van der Waals surface area contributed by atoms with E-state index in [2.05, 4.69) is 0 Å². The number of hydrogen-bond acceptors (Lipinski definition) is 4. The Morgan fingerprint density at radius 3 is 1.00 bits per heavy atom. The molecule has 12 heavy (non-hydrogen) atoms. The van der Waals surface area contributed by atoms with E-state index in [9.17, 15) is 9.59 Å². The molecule has 2 unspecified atom stereocenters. The number of rotatable bonds is 2. The number of aliphatic hydroxyl groups excluding tert-OH is 2. The zero-order chi connectivity index (χ0) is 10.3. The van der Waals surface area contributed by atoms with Crippen molar-refractivity contribution in [3.05, 3.63) is 0 Å². The highest BCUT2D eigenvalue weighted by Crippen LogP contribution is 1.73. The van der Waals surface area contributed by atoms with Crippen LogP contribution in [-0.2, 0) is 9.59 Å². The summed E-state index contributed by atoms with van der Waals surface area (Å²) in [5.74, 6) is -2.37. The highest BCUT2D eigenvalue weighted by Gasteiger charge is 2.01. The molecule has 0 aromatic rings. The summed E-state index contributed by atoms with van der Waals surface area (Å²) < 4.78 is 0. The fourth-order valence-corrected chi connectivity index (χ4v) is 0. The van der Waals surface area contributed by atoms with Gasteiger partial charge in [-0.1, -0.05) is 0 Å². The van der Waals surface area contributed by atoms with Gasteiger partial charge in [0.15, 0.2) is 0 Å². The number of aliphatic hydroxyl groups is 2.